The van der Waals surface area contributed by atoms with Crippen LogP contribution in [0.5, 0.6) is 0 Å². The Labute approximate surface area is 73.5 Å². The van der Waals surface area contributed by atoms with E-state index in [4.69, 9.17) is 14.7 Å². The molecular weight excluding hydrogens is 156 g/mol. The van der Waals surface area contributed by atoms with Crippen LogP contribution in [0.3, 0.4) is 0 Å². The molecule has 0 bridgehead atoms. The van der Waals surface area contributed by atoms with Crippen molar-refractivity contribution in [3.63, 3.8) is 0 Å². The molecule has 0 aliphatic heterocycles. The Morgan fingerprint density at radius 1 is 1.33 bits per heavy atom. The molecule has 0 aromatic heterocycles. The Morgan fingerprint density at radius 2 is 1.92 bits per heavy atom. The monoisotopic (exact) mass is 172 g/mol. The third kappa shape index (κ3) is 6.10. The summed E-state index contributed by atoms with van der Waals surface area (Å²) in [5, 5.41) is 11.1. The van der Waals surface area contributed by atoms with E-state index in [1.54, 1.807) is 0 Å². The Bertz CT molecular complexity index is 128. The molecule has 4 heteroatoms. The van der Waals surface area contributed by atoms with Gasteiger partial charge in [-0.2, -0.15) is 5.26 Å². The lowest BCUT2D eigenvalue weighted by molar-refractivity contribution is -0.132. The normalized spacial score (nSPS) is 10.2. The highest BCUT2D eigenvalue weighted by Gasteiger charge is 2.05. The van der Waals surface area contributed by atoms with E-state index in [1.807, 2.05) is 19.9 Å². The van der Waals surface area contributed by atoms with Crippen molar-refractivity contribution in [3.8, 4) is 6.07 Å². The number of nitrogens with zero attached hydrogens (tertiary/aromatic N) is 1. The molecule has 0 aromatic rings. The van der Waals surface area contributed by atoms with Crippen LogP contribution in [0.1, 0.15) is 13.8 Å². The Balaban J connectivity index is 3.42. The predicted octanol–water partition coefficient (Wildman–Crippen LogP) is 0.499. The van der Waals surface area contributed by atoms with E-state index in [0.29, 0.717) is 26.3 Å². The minimum absolute atomic E-state index is 0.228. The quantitative estimate of drug-likeness (QED) is 0.345. The van der Waals surface area contributed by atoms with Crippen LogP contribution in [-0.2, 0) is 9.47 Å². The Morgan fingerprint density at radius 3 is 2.33 bits per heavy atom. The van der Waals surface area contributed by atoms with Crippen LogP contribution in [0.25, 0.3) is 0 Å². The van der Waals surface area contributed by atoms with Gasteiger partial charge in [0.1, 0.15) is 0 Å². The van der Waals surface area contributed by atoms with Gasteiger partial charge in [-0.3, -0.25) is 5.32 Å². The van der Waals surface area contributed by atoms with Gasteiger partial charge >= 0.3 is 0 Å². The molecule has 0 aromatic carbocycles. The van der Waals surface area contributed by atoms with Crippen LogP contribution >= 0.6 is 0 Å². The van der Waals surface area contributed by atoms with Gasteiger partial charge in [-0.25, -0.2) is 0 Å². The summed E-state index contributed by atoms with van der Waals surface area (Å²) >= 11 is 0. The summed E-state index contributed by atoms with van der Waals surface area (Å²) in [5.74, 6) is 0. The van der Waals surface area contributed by atoms with Crippen molar-refractivity contribution < 1.29 is 9.47 Å². The Hall–Kier alpha value is -0.630. The maximum Gasteiger partial charge on any atom is 0.169 e. The predicted molar refractivity (Wildman–Crippen MR) is 45.5 cm³/mol. The zero-order valence-electron chi connectivity index (χ0n) is 7.67. The second-order valence-electron chi connectivity index (χ2n) is 2.13. The van der Waals surface area contributed by atoms with E-state index in [9.17, 15) is 0 Å². The van der Waals surface area contributed by atoms with Crippen LogP contribution in [0.4, 0.5) is 0 Å². The topological polar surface area (TPSA) is 54.3 Å². The van der Waals surface area contributed by atoms with Gasteiger partial charge in [-0.15, -0.1) is 0 Å². The molecule has 1 N–H and O–H groups in total. The molecule has 0 atom stereocenters. The summed E-state index contributed by atoms with van der Waals surface area (Å²) in [6, 6.07) is 1.99. The van der Waals surface area contributed by atoms with E-state index in [2.05, 4.69) is 5.32 Å². The van der Waals surface area contributed by atoms with Crippen molar-refractivity contribution in [2.24, 2.45) is 0 Å². The molecule has 12 heavy (non-hydrogen) atoms. The minimum atomic E-state index is -0.228. The smallest absolute Gasteiger partial charge is 0.169 e. The van der Waals surface area contributed by atoms with Gasteiger partial charge in [0.2, 0.25) is 0 Å². The lowest BCUT2D eigenvalue weighted by Gasteiger charge is -2.16. The number of nitrogens with one attached hydrogen (secondary N) is 1. The van der Waals surface area contributed by atoms with Crippen LogP contribution in [0.2, 0.25) is 0 Å². The highest BCUT2D eigenvalue weighted by atomic mass is 16.7. The highest BCUT2D eigenvalue weighted by molar-refractivity contribution is 4.72. The largest absolute Gasteiger partial charge is 0.352 e. The summed E-state index contributed by atoms with van der Waals surface area (Å²) < 4.78 is 10.5. The maximum absolute atomic E-state index is 8.24. The summed E-state index contributed by atoms with van der Waals surface area (Å²) in [5.41, 5.74) is 0. The van der Waals surface area contributed by atoms with Crippen LogP contribution in [0.15, 0.2) is 0 Å². The zero-order valence-corrected chi connectivity index (χ0v) is 7.67. The van der Waals surface area contributed by atoms with Crippen LogP contribution in [-0.4, -0.2) is 32.6 Å². The van der Waals surface area contributed by atoms with Crippen LogP contribution < -0.4 is 5.32 Å². The van der Waals surface area contributed by atoms with E-state index >= 15 is 0 Å². The molecule has 0 saturated heterocycles. The minimum Gasteiger partial charge on any atom is -0.352 e. The molecule has 4 nitrogen and oxygen atoms in total. The zero-order chi connectivity index (χ0) is 9.23. The average molecular weight is 172 g/mol. The molecule has 0 fully saturated rings. The second kappa shape index (κ2) is 8.47. The molecule has 70 valence electrons. The van der Waals surface area contributed by atoms with E-state index < -0.39 is 0 Å². The number of rotatable bonds is 7. The second-order valence-corrected chi connectivity index (χ2v) is 2.13. The lowest BCUT2D eigenvalue weighted by Crippen LogP contribution is -2.31. The first-order valence-corrected chi connectivity index (χ1v) is 4.16. The molecule has 0 radical (unpaired) electrons. The molecule has 0 heterocycles. The molecule has 0 amide bonds. The van der Waals surface area contributed by atoms with Crippen LogP contribution in [0, 0.1) is 11.3 Å². The van der Waals surface area contributed by atoms with Crippen molar-refractivity contribution >= 4 is 0 Å². The summed E-state index contributed by atoms with van der Waals surface area (Å²) in [7, 11) is 0. The van der Waals surface area contributed by atoms with Gasteiger partial charge in [-0.05, 0) is 13.8 Å². The fourth-order valence-corrected chi connectivity index (χ4v) is 0.784. The SMILES string of the molecule is CCOC(CNCC#N)OCC. The first-order chi connectivity index (χ1) is 5.85. The van der Waals surface area contributed by atoms with E-state index in [1.165, 1.54) is 0 Å². The molecule has 0 rings (SSSR count). The summed E-state index contributed by atoms with van der Waals surface area (Å²) in [6.45, 7) is 5.97. The van der Waals surface area contributed by atoms with Crippen molar-refractivity contribution in [3.05, 3.63) is 0 Å². The van der Waals surface area contributed by atoms with Crippen molar-refractivity contribution in [1.29, 1.82) is 5.26 Å². The molecule has 0 aliphatic rings. The summed E-state index contributed by atoms with van der Waals surface area (Å²) in [4.78, 5) is 0. The number of hydrogen-bond donors (Lipinski definition) is 1. The molecule has 0 unspecified atom stereocenters. The lowest BCUT2D eigenvalue weighted by atomic mass is 10.5. The number of nitriles is 1. The van der Waals surface area contributed by atoms with Gasteiger partial charge < -0.3 is 9.47 Å². The van der Waals surface area contributed by atoms with Gasteiger partial charge in [0.25, 0.3) is 0 Å². The third-order valence-corrected chi connectivity index (χ3v) is 1.22. The molecule has 0 aliphatic carbocycles. The van der Waals surface area contributed by atoms with Crippen molar-refractivity contribution in [2.75, 3.05) is 26.3 Å². The van der Waals surface area contributed by atoms with Gasteiger partial charge in [-0.1, -0.05) is 0 Å². The first kappa shape index (κ1) is 11.4. The average Bonchev–Trinajstić information content (AvgIpc) is 2.06. The van der Waals surface area contributed by atoms with Gasteiger partial charge in [0, 0.05) is 19.8 Å². The highest BCUT2D eigenvalue weighted by Crippen LogP contribution is 1.92. The maximum atomic E-state index is 8.24. The van der Waals surface area contributed by atoms with Crippen molar-refractivity contribution in [1.82, 2.24) is 5.32 Å². The fraction of sp³-hybridized carbons (Fsp3) is 0.875. The fourth-order valence-electron chi connectivity index (χ4n) is 0.784. The van der Waals surface area contributed by atoms with Gasteiger partial charge in [0.15, 0.2) is 6.29 Å². The Kier molecular flexibility index (Phi) is 8.02. The van der Waals surface area contributed by atoms with Crippen molar-refractivity contribution in [2.45, 2.75) is 20.1 Å². The third-order valence-electron chi connectivity index (χ3n) is 1.22. The van der Waals surface area contributed by atoms with E-state index in [-0.39, 0.29) is 6.29 Å². The van der Waals surface area contributed by atoms with E-state index in [0.717, 1.165) is 0 Å². The summed E-state index contributed by atoms with van der Waals surface area (Å²) in [6.07, 6.45) is -0.228. The number of hydrogen-bond acceptors (Lipinski definition) is 4. The van der Waals surface area contributed by atoms with Gasteiger partial charge in [0.05, 0.1) is 12.6 Å². The number of ether oxygens (including phenoxy) is 2. The first-order valence-electron chi connectivity index (χ1n) is 4.16. The molecule has 0 spiro atoms. The molecular formula is C8H16N2O2. The standard InChI is InChI=1S/C8H16N2O2/c1-3-11-8(12-4-2)7-10-6-5-9/h8,10H,3-4,6-7H2,1-2H3. The molecule has 0 saturated carbocycles.